The first-order chi connectivity index (χ1) is 14.7. The van der Waals surface area contributed by atoms with Gasteiger partial charge in [-0.25, -0.2) is 0 Å². The molecule has 2 aromatic carbocycles. The highest BCUT2D eigenvalue weighted by molar-refractivity contribution is 5.92. The van der Waals surface area contributed by atoms with Crippen LogP contribution in [0.3, 0.4) is 0 Å². The van der Waals surface area contributed by atoms with E-state index in [1.807, 2.05) is 19.3 Å². The molecule has 1 aliphatic heterocycles. The number of piperidine rings is 1. The SMILES string of the molecule is CNCCN1CCC(c2ccc3[nH]c(-c4cnc5ccccc5c4)c(C)c3c2)CC1. The molecule has 5 rings (SSSR count). The highest BCUT2D eigenvalue weighted by Crippen LogP contribution is 2.35. The second-order valence-corrected chi connectivity index (χ2v) is 8.57. The van der Waals surface area contributed by atoms with Gasteiger partial charge >= 0.3 is 0 Å². The summed E-state index contributed by atoms with van der Waals surface area (Å²) in [6.07, 6.45) is 4.49. The number of hydrogen-bond donors (Lipinski definition) is 2. The Bertz CT molecular complexity index is 1170. The van der Waals surface area contributed by atoms with Crippen LogP contribution in [0, 0.1) is 6.92 Å². The highest BCUT2D eigenvalue weighted by atomic mass is 15.1. The molecule has 1 fully saturated rings. The van der Waals surface area contributed by atoms with Gasteiger partial charge in [0.05, 0.1) is 11.2 Å². The first-order valence-corrected chi connectivity index (χ1v) is 11.1. The Balaban J connectivity index is 1.42. The van der Waals surface area contributed by atoms with Gasteiger partial charge in [-0.05, 0) is 81.2 Å². The number of benzene rings is 2. The van der Waals surface area contributed by atoms with E-state index in [0.717, 1.165) is 24.2 Å². The van der Waals surface area contributed by atoms with Crippen LogP contribution < -0.4 is 5.32 Å². The number of aromatic nitrogens is 2. The zero-order valence-corrected chi connectivity index (χ0v) is 17.9. The van der Waals surface area contributed by atoms with Crippen LogP contribution in [0.25, 0.3) is 33.1 Å². The Labute approximate surface area is 178 Å². The summed E-state index contributed by atoms with van der Waals surface area (Å²) in [5, 5.41) is 5.78. The zero-order valence-electron chi connectivity index (χ0n) is 17.9. The Morgan fingerprint density at radius 1 is 1.10 bits per heavy atom. The minimum atomic E-state index is 0.667. The van der Waals surface area contributed by atoms with Crippen molar-refractivity contribution in [3.63, 3.8) is 0 Å². The molecule has 0 spiro atoms. The molecule has 4 aromatic rings. The predicted octanol–water partition coefficient (Wildman–Crippen LogP) is 5.09. The molecule has 1 saturated heterocycles. The van der Waals surface area contributed by atoms with E-state index in [0.29, 0.717) is 5.92 Å². The molecule has 2 N–H and O–H groups in total. The number of para-hydroxylation sites is 1. The minimum absolute atomic E-state index is 0.667. The smallest absolute Gasteiger partial charge is 0.0702 e. The molecule has 4 nitrogen and oxygen atoms in total. The van der Waals surface area contributed by atoms with Gasteiger partial charge in [-0.15, -0.1) is 0 Å². The fourth-order valence-corrected chi connectivity index (χ4v) is 4.85. The second-order valence-electron chi connectivity index (χ2n) is 8.57. The van der Waals surface area contributed by atoms with Gasteiger partial charge in [0.2, 0.25) is 0 Å². The Morgan fingerprint density at radius 2 is 1.93 bits per heavy atom. The third kappa shape index (κ3) is 3.62. The zero-order chi connectivity index (χ0) is 20.5. The fraction of sp³-hybridized carbons (Fsp3) is 0.346. The van der Waals surface area contributed by atoms with Crippen LogP contribution in [-0.4, -0.2) is 48.1 Å². The van der Waals surface area contributed by atoms with Crippen molar-refractivity contribution in [2.24, 2.45) is 0 Å². The van der Waals surface area contributed by atoms with Gasteiger partial charge in [0.25, 0.3) is 0 Å². The van der Waals surface area contributed by atoms with Crippen LogP contribution >= 0.6 is 0 Å². The van der Waals surface area contributed by atoms with E-state index in [9.17, 15) is 0 Å². The van der Waals surface area contributed by atoms with E-state index < -0.39 is 0 Å². The molecule has 30 heavy (non-hydrogen) atoms. The lowest BCUT2D eigenvalue weighted by atomic mass is 9.88. The van der Waals surface area contributed by atoms with Gasteiger partial charge in [0, 0.05) is 41.1 Å². The number of hydrogen-bond acceptors (Lipinski definition) is 3. The molecule has 3 heterocycles. The Morgan fingerprint density at radius 3 is 2.77 bits per heavy atom. The third-order valence-corrected chi connectivity index (χ3v) is 6.70. The van der Waals surface area contributed by atoms with Gasteiger partial charge in [-0.3, -0.25) is 4.98 Å². The van der Waals surface area contributed by atoms with Crippen LogP contribution in [-0.2, 0) is 0 Å². The van der Waals surface area contributed by atoms with Crippen LogP contribution in [0.15, 0.2) is 54.7 Å². The van der Waals surface area contributed by atoms with Gasteiger partial charge in [0.1, 0.15) is 0 Å². The number of H-pyrrole nitrogens is 1. The van der Waals surface area contributed by atoms with Crippen molar-refractivity contribution in [3.05, 3.63) is 65.9 Å². The molecule has 1 aliphatic rings. The first kappa shape index (κ1) is 19.3. The van der Waals surface area contributed by atoms with Crippen LogP contribution in [0.4, 0.5) is 0 Å². The minimum Gasteiger partial charge on any atom is -0.354 e. The summed E-state index contributed by atoms with van der Waals surface area (Å²) in [7, 11) is 2.03. The number of likely N-dealkylation sites (tertiary alicyclic amines) is 1. The van der Waals surface area contributed by atoms with E-state index >= 15 is 0 Å². The second kappa shape index (κ2) is 8.21. The third-order valence-electron chi connectivity index (χ3n) is 6.70. The number of nitrogens with one attached hydrogen (secondary N) is 2. The number of pyridine rings is 1. The van der Waals surface area contributed by atoms with Crippen molar-refractivity contribution >= 4 is 21.8 Å². The standard InChI is InChI=1S/C26H30N4/c1-18-23-16-20(19-9-12-30(13-10-19)14-11-27-2)7-8-25(23)29-26(18)22-15-21-5-3-4-6-24(21)28-17-22/h3-8,15-17,19,27,29H,9-14H2,1-2H3. The maximum absolute atomic E-state index is 4.66. The van der Waals surface area contributed by atoms with Gasteiger partial charge in [-0.2, -0.15) is 0 Å². The number of aromatic amines is 1. The number of aryl methyl sites for hydroxylation is 1. The quantitative estimate of drug-likeness (QED) is 0.492. The molecule has 0 unspecified atom stereocenters. The van der Waals surface area contributed by atoms with E-state index in [4.69, 9.17) is 0 Å². The normalized spacial score (nSPS) is 15.9. The molecule has 0 radical (unpaired) electrons. The van der Waals surface area contributed by atoms with E-state index in [2.05, 4.69) is 69.6 Å². The molecular weight excluding hydrogens is 368 g/mol. The molecule has 0 amide bonds. The van der Waals surface area contributed by atoms with E-state index in [1.165, 1.54) is 59.0 Å². The molecular formula is C26H30N4. The topological polar surface area (TPSA) is 44.0 Å². The molecule has 0 bridgehead atoms. The van der Waals surface area contributed by atoms with Crippen LogP contribution in [0.2, 0.25) is 0 Å². The lowest BCUT2D eigenvalue weighted by molar-refractivity contribution is 0.214. The predicted molar refractivity (Wildman–Crippen MR) is 126 cm³/mol. The van der Waals surface area contributed by atoms with Gasteiger partial charge in [0.15, 0.2) is 0 Å². The monoisotopic (exact) mass is 398 g/mol. The number of nitrogens with zero attached hydrogens (tertiary/aromatic N) is 2. The molecule has 154 valence electrons. The number of likely N-dealkylation sites (N-methyl/N-ethyl adjacent to an activating group) is 1. The van der Waals surface area contributed by atoms with Crippen LogP contribution in [0.1, 0.15) is 29.9 Å². The average molecular weight is 399 g/mol. The van der Waals surface area contributed by atoms with Crippen molar-refractivity contribution in [2.45, 2.75) is 25.7 Å². The molecule has 0 saturated carbocycles. The molecule has 0 aliphatic carbocycles. The maximum Gasteiger partial charge on any atom is 0.0702 e. The summed E-state index contributed by atoms with van der Waals surface area (Å²) in [5.41, 5.74) is 7.39. The number of rotatable bonds is 5. The van der Waals surface area contributed by atoms with Gasteiger partial charge < -0.3 is 15.2 Å². The summed E-state index contributed by atoms with van der Waals surface area (Å²) in [6, 6.07) is 17.6. The Kier molecular flexibility index (Phi) is 5.28. The Hall–Kier alpha value is -2.69. The largest absolute Gasteiger partial charge is 0.354 e. The molecule has 2 aromatic heterocycles. The van der Waals surface area contributed by atoms with Crippen molar-refractivity contribution in [1.82, 2.24) is 20.2 Å². The highest BCUT2D eigenvalue weighted by Gasteiger charge is 2.21. The van der Waals surface area contributed by atoms with Gasteiger partial charge in [-0.1, -0.05) is 24.3 Å². The summed E-state index contributed by atoms with van der Waals surface area (Å²) < 4.78 is 0. The first-order valence-electron chi connectivity index (χ1n) is 11.1. The van der Waals surface area contributed by atoms with Crippen molar-refractivity contribution < 1.29 is 0 Å². The summed E-state index contributed by atoms with van der Waals surface area (Å²) in [6.45, 7) is 6.86. The molecule has 0 atom stereocenters. The summed E-state index contributed by atoms with van der Waals surface area (Å²) in [4.78, 5) is 10.9. The lowest BCUT2D eigenvalue weighted by Gasteiger charge is -2.32. The summed E-state index contributed by atoms with van der Waals surface area (Å²) in [5.74, 6) is 0.667. The molecule has 4 heteroatoms. The van der Waals surface area contributed by atoms with Crippen molar-refractivity contribution in [3.8, 4) is 11.3 Å². The fourth-order valence-electron chi connectivity index (χ4n) is 4.85. The number of fused-ring (bicyclic) bond motifs is 2. The van der Waals surface area contributed by atoms with E-state index in [-0.39, 0.29) is 0 Å². The lowest BCUT2D eigenvalue weighted by Crippen LogP contribution is -2.37. The van der Waals surface area contributed by atoms with Crippen molar-refractivity contribution in [1.29, 1.82) is 0 Å². The van der Waals surface area contributed by atoms with E-state index in [1.54, 1.807) is 0 Å². The maximum atomic E-state index is 4.66. The van der Waals surface area contributed by atoms with Crippen LogP contribution in [0.5, 0.6) is 0 Å². The van der Waals surface area contributed by atoms with Crippen molar-refractivity contribution in [2.75, 3.05) is 33.2 Å². The average Bonchev–Trinajstić information content (AvgIpc) is 3.13. The summed E-state index contributed by atoms with van der Waals surface area (Å²) >= 11 is 0.